The van der Waals surface area contributed by atoms with E-state index in [1.54, 1.807) is 24.3 Å². The number of rotatable bonds is 4. The van der Waals surface area contributed by atoms with Crippen molar-refractivity contribution in [1.82, 2.24) is 4.98 Å². The number of thiazole rings is 1. The second-order valence-electron chi connectivity index (χ2n) is 5.73. The molecule has 3 aromatic rings. The summed E-state index contributed by atoms with van der Waals surface area (Å²) in [5.41, 5.74) is 2.33. The highest BCUT2D eigenvalue weighted by molar-refractivity contribution is 7.22. The number of fused-ring (bicyclic) bond motifs is 1. The first-order valence-corrected chi connectivity index (χ1v) is 8.76. The zero-order chi connectivity index (χ0) is 17.3. The molecule has 0 saturated heterocycles. The van der Waals surface area contributed by atoms with Crippen molar-refractivity contribution in [2.24, 2.45) is 0 Å². The third-order valence-electron chi connectivity index (χ3n) is 3.38. The summed E-state index contributed by atoms with van der Waals surface area (Å²) in [5.74, 6) is 0.541. The Hall–Kier alpha value is -2.11. The van der Waals surface area contributed by atoms with Crippen molar-refractivity contribution >= 4 is 44.2 Å². The van der Waals surface area contributed by atoms with Crippen LogP contribution in [0.5, 0.6) is 5.75 Å². The Morgan fingerprint density at radius 2 is 1.96 bits per heavy atom. The van der Waals surface area contributed by atoms with E-state index in [9.17, 15) is 4.79 Å². The highest BCUT2D eigenvalue weighted by Crippen LogP contribution is 2.30. The predicted octanol–water partition coefficient (Wildman–Crippen LogP) is 5.30. The topological polar surface area (TPSA) is 51.2 Å². The lowest BCUT2D eigenvalue weighted by molar-refractivity contribution is 0.102. The van der Waals surface area contributed by atoms with Gasteiger partial charge in [-0.05, 0) is 62.7 Å². The largest absolute Gasteiger partial charge is 0.491 e. The average molecular weight is 361 g/mol. The summed E-state index contributed by atoms with van der Waals surface area (Å²) in [7, 11) is 0. The Bertz CT molecular complexity index is 849. The van der Waals surface area contributed by atoms with Gasteiger partial charge in [0.15, 0.2) is 5.13 Å². The molecule has 0 unspecified atom stereocenters. The molecule has 2 aromatic carbocycles. The smallest absolute Gasteiger partial charge is 0.257 e. The Morgan fingerprint density at radius 1 is 1.25 bits per heavy atom. The lowest BCUT2D eigenvalue weighted by Crippen LogP contribution is -2.11. The summed E-state index contributed by atoms with van der Waals surface area (Å²) < 4.78 is 6.57. The van der Waals surface area contributed by atoms with Crippen molar-refractivity contribution in [3.63, 3.8) is 0 Å². The van der Waals surface area contributed by atoms with Gasteiger partial charge in [-0.3, -0.25) is 10.1 Å². The van der Waals surface area contributed by atoms with Crippen LogP contribution in [0.3, 0.4) is 0 Å². The third kappa shape index (κ3) is 3.68. The zero-order valence-corrected chi connectivity index (χ0v) is 15.2. The number of benzene rings is 2. The number of ether oxygens (including phenoxy) is 1. The van der Waals surface area contributed by atoms with Gasteiger partial charge in [0.2, 0.25) is 0 Å². The van der Waals surface area contributed by atoms with Crippen LogP contribution in [0, 0.1) is 6.92 Å². The SMILES string of the molecule is Cc1cc2sc(NC(=O)c3ccc(OC(C)C)cc3)nc2cc1Cl. The predicted molar refractivity (Wildman–Crippen MR) is 99.5 cm³/mol. The van der Waals surface area contributed by atoms with Gasteiger partial charge in [0.1, 0.15) is 5.75 Å². The van der Waals surface area contributed by atoms with Crippen LogP contribution < -0.4 is 10.1 Å². The third-order valence-corrected chi connectivity index (χ3v) is 4.72. The molecule has 0 aliphatic heterocycles. The second kappa shape index (κ2) is 6.79. The van der Waals surface area contributed by atoms with Gasteiger partial charge < -0.3 is 4.74 Å². The standard InChI is InChI=1S/C18H17ClN2O2S/c1-10(2)23-13-6-4-12(5-7-13)17(22)21-18-20-15-9-14(19)11(3)8-16(15)24-18/h4-10H,1-3H3,(H,20,21,22). The van der Waals surface area contributed by atoms with E-state index in [0.29, 0.717) is 15.7 Å². The van der Waals surface area contributed by atoms with Crippen LogP contribution in [-0.4, -0.2) is 17.0 Å². The number of nitrogens with zero attached hydrogens (tertiary/aromatic N) is 1. The molecule has 1 amide bonds. The van der Waals surface area contributed by atoms with Crippen molar-refractivity contribution in [1.29, 1.82) is 0 Å². The minimum absolute atomic E-state index is 0.0997. The molecule has 1 N–H and O–H groups in total. The molecule has 0 fully saturated rings. The summed E-state index contributed by atoms with van der Waals surface area (Å²) in [5, 5.41) is 4.06. The van der Waals surface area contributed by atoms with Crippen molar-refractivity contribution < 1.29 is 9.53 Å². The number of hydrogen-bond donors (Lipinski definition) is 1. The van der Waals surface area contributed by atoms with Crippen molar-refractivity contribution in [2.75, 3.05) is 5.32 Å². The molecule has 1 heterocycles. The Balaban J connectivity index is 1.76. The lowest BCUT2D eigenvalue weighted by Gasteiger charge is -2.09. The number of amides is 1. The number of aryl methyl sites for hydroxylation is 1. The number of aromatic nitrogens is 1. The monoisotopic (exact) mass is 360 g/mol. The number of nitrogens with one attached hydrogen (secondary N) is 1. The zero-order valence-electron chi connectivity index (χ0n) is 13.6. The van der Waals surface area contributed by atoms with Gasteiger partial charge in [0.05, 0.1) is 16.3 Å². The molecular weight excluding hydrogens is 344 g/mol. The van der Waals surface area contributed by atoms with E-state index in [1.165, 1.54) is 11.3 Å². The Morgan fingerprint density at radius 3 is 2.62 bits per heavy atom. The maximum Gasteiger partial charge on any atom is 0.257 e. The molecule has 0 aliphatic rings. The second-order valence-corrected chi connectivity index (χ2v) is 7.17. The molecule has 124 valence electrons. The van der Waals surface area contributed by atoms with E-state index in [-0.39, 0.29) is 12.0 Å². The lowest BCUT2D eigenvalue weighted by atomic mass is 10.2. The Labute approximate surface area is 149 Å². The van der Waals surface area contributed by atoms with Crippen LogP contribution in [0.15, 0.2) is 36.4 Å². The van der Waals surface area contributed by atoms with Crippen LogP contribution in [0.25, 0.3) is 10.2 Å². The first-order chi connectivity index (χ1) is 11.4. The van der Waals surface area contributed by atoms with E-state index >= 15 is 0 Å². The minimum atomic E-state index is -0.201. The minimum Gasteiger partial charge on any atom is -0.491 e. The summed E-state index contributed by atoms with van der Waals surface area (Å²) in [4.78, 5) is 16.8. The first kappa shape index (κ1) is 16.7. The van der Waals surface area contributed by atoms with Gasteiger partial charge in [0.25, 0.3) is 5.91 Å². The van der Waals surface area contributed by atoms with E-state index in [0.717, 1.165) is 21.5 Å². The van der Waals surface area contributed by atoms with Gasteiger partial charge in [-0.1, -0.05) is 22.9 Å². The fraction of sp³-hybridized carbons (Fsp3) is 0.222. The van der Waals surface area contributed by atoms with Crippen molar-refractivity contribution in [3.05, 3.63) is 52.5 Å². The summed E-state index contributed by atoms with van der Waals surface area (Å²) >= 11 is 7.54. The first-order valence-electron chi connectivity index (χ1n) is 7.57. The molecule has 0 aliphatic carbocycles. The van der Waals surface area contributed by atoms with Gasteiger partial charge in [-0.2, -0.15) is 0 Å². The van der Waals surface area contributed by atoms with Gasteiger partial charge in [-0.25, -0.2) is 4.98 Å². The van der Waals surface area contributed by atoms with Crippen LogP contribution in [0.2, 0.25) is 5.02 Å². The van der Waals surface area contributed by atoms with Gasteiger partial charge >= 0.3 is 0 Å². The molecule has 0 saturated carbocycles. The molecular formula is C18H17ClN2O2S. The fourth-order valence-electron chi connectivity index (χ4n) is 2.23. The summed E-state index contributed by atoms with van der Waals surface area (Å²) in [6.07, 6.45) is 0.0997. The number of anilines is 1. The number of carbonyl (C=O) groups is 1. The highest BCUT2D eigenvalue weighted by atomic mass is 35.5. The van der Waals surface area contributed by atoms with E-state index in [4.69, 9.17) is 16.3 Å². The molecule has 0 atom stereocenters. The number of carbonyl (C=O) groups excluding carboxylic acids is 1. The van der Waals surface area contributed by atoms with Crippen LogP contribution in [0.1, 0.15) is 29.8 Å². The Kier molecular flexibility index (Phi) is 4.73. The maximum absolute atomic E-state index is 12.3. The van der Waals surface area contributed by atoms with Crippen molar-refractivity contribution in [2.45, 2.75) is 26.9 Å². The van der Waals surface area contributed by atoms with Gasteiger partial charge in [0, 0.05) is 10.6 Å². The average Bonchev–Trinajstić information content (AvgIpc) is 2.89. The van der Waals surface area contributed by atoms with Crippen LogP contribution in [0.4, 0.5) is 5.13 Å². The maximum atomic E-state index is 12.3. The van der Waals surface area contributed by atoms with E-state index < -0.39 is 0 Å². The molecule has 0 bridgehead atoms. The van der Waals surface area contributed by atoms with Crippen LogP contribution >= 0.6 is 22.9 Å². The van der Waals surface area contributed by atoms with Crippen LogP contribution in [-0.2, 0) is 0 Å². The van der Waals surface area contributed by atoms with E-state index in [1.807, 2.05) is 32.9 Å². The number of hydrogen-bond acceptors (Lipinski definition) is 4. The highest BCUT2D eigenvalue weighted by Gasteiger charge is 2.11. The molecule has 6 heteroatoms. The molecule has 1 aromatic heterocycles. The summed E-state index contributed by atoms with van der Waals surface area (Å²) in [6.45, 7) is 5.87. The summed E-state index contributed by atoms with van der Waals surface area (Å²) in [6, 6.07) is 10.8. The molecule has 3 rings (SSSR count). The quantitative estimate of drug-likeness (QED) is 0.687. The molecule has 0 radical (unpaired) electrons. The molecule has 4 nitrogen and oxygen atoms in total. The normalized spacial score (nSPS) is 11.0. The molecule has 0 spiro atoms. The fourth-order valence-corrected chi connectivity index (χ4v) is 3.33. The van der Waals surface area contributed by atoms with E-state index in [2.05, 4.69) is 10.3 Å². The van der Waals surface area contributed by atoms with Crippen molar-refractivity contribution in [3.8, 4) is 5.75 Å². The number of halogens is 1. The molecule has 24 heavy (non-hydrogen) atoms. The van der Waals surface area contributed by atoms with Gasteiger partial charge in [-0.15, -0.1) is 0 Å².